The minimum Gasteiger partial charge on any atom is -0.431 e. The molecule has 6 heteroatoms. The van der Waals surface area contributed by atoms with Crippen molar-refractivity contribution in [2.45, 2.75) is 43.7 Å². The van der Waals surface area contributed by atoms with Crippen molar-refractivity contribution >= 4 is 28.8 Å². The van der Waals surface area contributed by atoms with Gasteiger partial charge in [0.2, 0.25) is 5.91 Å². The Morgan fingerprint density at radius 1 is 1.41 bits per heavy atom. The third-order valence-electron chi connectivity index (χ3n) is 3.69. The summed E-state index contributed by atoms with van der Waals surface area (Å²) in [5.41, 5.74) is 0.580. The van der Waals surface area contributed by atoms with E-state index in [1.807, 2.05) is 38.1 Å². The first kappa shape index (κ1) is 16.4. The molecule has 0 fully saturated rings. The molecule has 0 aliphatic heterocycles. The second kappa shape index (κ2) is 6.41. The van der Waals surface area contributed by atoms with Crippen LogP contribution >= 0.6 is 11.8 Å². The van der Waals surface area contributed by atoms with E-state index in [4.69, 9.17) is 4.42 Å². The SMILES string of the molecule is CC(C)[C@@](C)(C#N)NC(=O)[C@H](C)Sc1nc2ccccc2o1. The highest BCUT2D eigenvalue weighted by Gasteiger charge is 2.32. The first-order valence-electron chi connectivity index (χ1n) is 7.11. The van der Waals surface area contributed by atoms with Crippen LogP contribution in [0.1, 0.15) is 27.7 Å². The molecule has 116 valence electrons. The zero-order valence-electron chi connectivity index (χ0n) is 13.1. The van der Waals surface area contributed by atoms with Gasteiger partial charge in [-0.05, 0) is 31.9 Å². The van der Waals surface area contributed by atoms with Gasteiger partial charge in [0.1, 0.15) is 11.1 Å². The number of aromatic nitrogens is 1. The summed E-state index contributed by atoms with van der Waals surface area (Å²) in [6.07, 6.45) is 0. The highest BCUT2D eigenvalue weighted by molar-refractivity contribution is 8.00. The van der Waals surface area contributed by atoms with Gasteiger partial charge in [0, 0.05) is 0 Å². The molecule has 5 nitrogen and oxygen atoms in total. The Bertz CT molecular complexity index is 686. The fourth-order valence-corrected chi connectivity index (χ4v) is 2.52. The molecule has 1 amide bonds. The molecule has 1 N–H and O–H groups in total. The molecule has 2 rings (SSSR count). The number of nitrogens with zero attached hydrogens (tertiary/aromatic N) is 2. The molecule has 0 radical (unpaired) electrons. The molecule has 0 spiro atoms. The van der Waals surface area contributed by atoms with Crippen LogP contribution in [0.3, 0.4) is 0 Å². The number of oxazole rings is 1. The lowest BCUT2D eigenvalue weighted by Crippen LogP contribution is -2.51. The number of carbonyl (C=O) groups excluding carboxylic acids is 1. The highest BCUT2D eigenvalue weighted by atomic mass is 32.2. The fourth-order valence-electron chi connectivity index (χ4n) is 1.77. The van der Waals surface area contributed by atoms with Crippen LogP contribution in [0.15, 0.2) is 33.9 Å². The molecule has 1 aromatic heterocycles. The van der Waals surface area contributed by atoms with E-state index >= 15 is 0 Å². The summed E-state index contributed by atoms with van der Waals surface area (Å²) in [6.45, 7) is 7.31. The van der Waals surface area contributed by atoms with Gasteiger partial charge in [-0.3, -0.25) is 4.79 Å². The van der Waals surface area contributed by atoms with Crippen LogP contribution in [-0.4, -0.2) is 21.7 Å². The van der Waals surface area contributed by atoms with Gasteiger partial charge in [0.15, 0.2) is 5.58 Å². The average Bonchev–Trinajstić information content (AvgIpc) is 2.88. The Morgan fingerprint density at radius 2 is 2.09 bits per heavy atom. The maximum atomic E-state index is 12.3. The zero-order chi connectivity index (χ0) is 16.3. The van der Waals surface area contributed by atoms with E-state index in [9.17, 15) is 10.1 Å². The van der Waals surface area contributed by atoms with Gasteiger partial charge >= 0.3 is 0 Å². The normalized spacial score (nSPS) is 15.3. The molecule has 0 aliphatic rings. The summed E-state index contributed by atoms with van der Waals surface area (Å²) >= 11 is 1.24. The van der Waals surface area contributed by atoms with Gasteiger partial charge in [-0.15, -0.1) is 0 Å². The summed E-state index contributed by atoms with van der Waals surface area (Å²) < 4.78 is 5.60. The smallest absolute Gasteiger partial charge is 0.257 e. The topological polar surface area (TPSA) is 78.9 Å². The maximum Gasteiger partial charge on any atom is 0.257 e. The van der Waals surface area contributed by atoms with Crippen molar-refractivity contribution < 1.29 is 9.21 Å². The predicted molar refractivity (Wildman–Crippen MR) is 86.3 cm³/mol. The van der Waals surface area contributed by atoms with Crippen molar-refractivity contribution in [1.82, 2.24) is 10.3 Å². The lowest BCUT2D eigenvalue weighted by atomic mass is 9.90. The number of hydrogen-bond donors (Lipinski definition) is 1. The number of para-hydroxylation sites is 2. The van der Waals surface area contributed by atoms with Crippen molar-refractivity contribution in [1.29, 1.82) is 5.26 Å². The fraction of sp³-hybridized carbons (Fsp3) is 0.438. The Labute approximate surface area is 134 Å². The second-order valence-corrected chi connectivity index (χ2v) is 6.96. The van der Waals surface area contributed by atoms with Gasteiger partial charge in [0.25, 0.3) is 5.22 Å². The monoisotopic (exact) mass is 317 g/mol. The van der Waals surface area contributed by atoms with Crippen molar-refractivity contribution in [3.63, 3.8) is 0 Å². The first-order chi connectivity index (χ1) is 10.4. The van der Waals surface area contributed by atoms with E-state index in [1.54, 1.807) is 13.8 Å². The van der Waals surface area contributed by atoms with Crippen molar-refractivity contribution in [2.75, 3.05) is 0 Å². The van der Waals surface area contributed by atoms with E-state index < -0.39 is 10.8 Å². The molecular formula is C16H19N3O2S. The molecule has 0 aliphatic carbocycles. The number of nitriles is 1. The molecule has 0 unspecified atom stereocenters. The van der Waals surface area contributed by atoms with Gasteiger partial charge < -0.3 is 9.73 Å². The Balaban J connectivity index is 2.07. The number of fused-ring (bicyclic) bond motifs is 1. The zero-order valence-corrected chi connectivity index (χ0v) is 13.9. The van der Waals surface area contributed by atoms with Crippen LogP contribution in [0.25, 0.3) is 11.1 Å². The van der Waals surface area contributed by atoms with Crippen molar-refractivity contribution in [2.24, 2.45) is 5.92 Å². The molecule has 0 saturated heterocycles. The first-order valence-corrected chi connectivity index (χ1v) is 7.99. The van der Waals surface area contributed by atoms with E-state index in [0.717, 1.165) is 5.52 Å². The third-order valence-corrected chi connectivity index (χ3v) is 4.63. The summed E-state index contributed by atoms with van der Waals surface area (Å²) in [7, 11) is 0. The van der Waals surface area contributed by atoms with Crippen molar-refractivity contribution in [3.05, 3.63) is 24.3 Å². The number of amides is 1. The van der Waals surface area contributed by atoms with Crippen molar-refractivity contribution in [3.8, 4) is 6.07 Å². The summed E-state index contributed by atoms with van der Waals surface area (Å²) in [4.78, 5) is 16.6. The second-order valence-electron chi connectivity index (χ2n) is 5.67. The van der Waals surface area contributed by atoms with Gasteiger partial charge in [-0.2, -0.15) is 5.26 Å². The minimum absolute atomic E-state index is 0.0166. The van der Waals surface area contributed by atoms with Crippen LogP contribution in [0, 0.1) is 17.2 Å². The number of rotatable bonds is 5. The Kier molecular flexibility index (Phi) is 4.77. The molecule has 1 heterocycles. The summed E-state index contributed by atoms with van der Waals surface area (Å²) in [5.74, 6) is -0.187. The predicted octanol–water partition coefficient (Wildman–Crippen LogP) is 3.36. The molecule has 1 aromatic carbocycles. The maximum absolute atomic E-state index is 12.3. The molecule has 0 bridgehead atoms. The highest BCUT2D eigenvalue weighted by Crippen LogP contribution is 2.27. The lowest BCUT2D eigenvalue weighted by Gasteiger charge is -2.28. The third kappa shape index (κ3) is 3.42. The molecule has 22 heavy (non-hydrogen) atoms. The Morgan fingerprint density at radius 3 is 2.68 bits per heavy atom. The Hall–Kier alpha value is -2.00. The average molecular weight is 317 g/mol. The van der Waals surface area contributed by atoms with Crippen LogP contribution in [0.5, 0.6) is 0 Å². The lowest BCUT2D eigenvalue weighted by molar-refractivity contribution is -0.121. The standard InChI is InChI=1S/C16H19N3O2S/c1-10(2)16(4,9-17)19-14(20)11(3)22-15-18-12-7-5-6-8-13(12)21-15/h5-8,10-11H,1-4H3,(H,19,20)/t11-,16+/m0/s1. The number of hydrogen-bond acceptors (Lipinski definition) is 5. The summed E-state index contributed by atoms with van der Waals surface area (Å²) in [5, 5.41) is 12.1. The van der Waals surface area contributed by atoms with E-state index in [0.29, 0.717) is 10.8 Å². The van der Waals surface area contributed by atoms with E-state index in [1.165, 1.54) is 11.8 Å². The van der Waals surface area contributed by atoms with Crippen LogP contribution in [0.4, 0.5) is 0 Å². The summed E-state index contributed by atoms with van der Waals surface area (Å²) in [6, 6.07) is 9.62. The van der Waals surface area contributed by atoms with Gasteiger partial charge in [-0.25, -0.2) is 4.98 Å². The largest absolute Gasteiger partial charge is 0.431 e. The van der Waals surface area contributed by atoms with Crippen LogP contribution in [-0.2, 0) is 4.79 Å². The molecule has 2 atom stereocenters. The number of nitrogens with one attached hydrogen (secondary N) is 1. The number of benzene rings is 1. The quantitative estimate of drug-likeness (QED) is 0.855. The van der Waals surface area contributed by atoms with Gasteiger partial charge in [0.05, 0.1) is 11.3 Å². The van der Waals surface area contributed by atoms with Gasteiger partial charge in [-0.1, -0.05) is 37.7 Å². The number of carbonyl (C=O) groups is 1. The van der Waals surface area contributed by atoms with Crippen LogP contribution in [0.2, 0.25) is 0 Å². The van der Waals surface area contributed by atoms with Crippen LogP contribution < -0.4 is 5.32 Å². The minimum atomic E-state index is -0.882. The number of thioether (sulfide) groups is 1. The van der Waals surface area contributed by atoms with E-state index in [2.05, 4.69) is 16.4 Å². The molecule has 0 saturated carbocycles. The molecular weight excluding hydrogens is 298 g/mol. The molecule has 2 aromatic rings. The van der Waals surface area contributed by atoms with E-state index in [-0.39, 0.29) is 11.8 Å².